The number of aliphatic hydroxyl groups excluding tert-OH is 1. The van der Waals surface area contributed by atoms with Gasteiger partial charge in [-0.15, -0.1) is 0 Å². The van der Waals surface area contributed by atoms with Crippen molar-refractivity contribution in [2.75, 3.05) is 6.61 Å². The van der Waals surface area contributed by atoms with Gasteiger partial charge in [0, 0.05) is 23.8 Å². The first-order valence-corrected chi connectivity index (χ1v) is 7.45. The van der Waals surface area contributed by atoms with Crippen molar-refractivity contribution in [1.29, 1.82) is 0 Å². The molecule has 0 fully saturated rings. The monoisotopic (exact) mass is 265 g/mol. The summed E-state index contributed by atoms with van der Waals surface area (Å²) in [5, 5.41) is 13.1. The van der Waals surface area contributed by atoms with Crippen LogP contribution >= 0.6 is 0 Å². The minimum absolute atomic E-state index is 0.169. The maximum Gasteiger partial charge on any atom is 0.0951 e. The van der Waals surface area contributed by atoms with E-state index in [4.69, 9.17) is 0 Å². The lowest BCUT2D eigenvalue weighted by Gasteiger charge is -2.31. The highest BCUT2D eigenvalue weighted by molar-refractivity contribution is 5.16. The van der Waals surface area contributed by atoms with Crippen LogP contribution in [0.3, 0.4) is 0 Å². The molecule has 4 heteroatoms. The van der Waals surface area contributed by atoms with Crippen LogP contribution in [0.15, 0.2) is 6.33 Å². The number of hydrogen-bond acceptors (Lipinski definition) is 3. The zero-order valence-corrected chi connectivity index (χ0v) is 12.4. The molecule has 0 amide bonds. The Hall–Kier alpha value is -0.870. The summed E-state index contributed by atoms with van der Waals surface area (Å²) in [6.45, 7) is 7.43. The van der Waals surface area contributed by atoms with Gasteiger partial charge in [0.2, 0.25) is 0 Å². The summed E-state index contributed by atoms with van der Waals surface area (Å²) in [5.74, 6) is 0. The number of nitrogens with one attached hydrogen (secondary N) is 1. The van der Waals surface area contributed by atoms with Crippen molar-refractivity contribution in [2.45, 2.75) is 71.0 Å². The number of aryl methyl sites for hydroxylation is 2. The first kappa shape index (κ1) is 14.5. The Bertz CT molecular complexity index is 414. The molecule has 0 aliphatic heterocycles. The van der Waals surface area contributed by atoms with E-state index in [0.29, 0.717) is 6.04 Å². The minimum Gasteiger partial charge on any atom is -0.394 e. The molecule has 0 saturated heterocycles. The van der Waals surface area contributed by atoms with Crippen LogP contribution in [0.2, 0.25) is 0 Å². The molecular weight excluding hydrogens is 238 g/mol. The van der Waals surface area contributed by atoms with Crippen LogP contribution in [-0.4, -0.2) is 32.8 Å². The summed E-state index contributed by atoms with van der Waals surface area (Å²) in [6.07, 6.45) is 7.73. The molecule has 0 radical (unpaired) electrons. The van der Waals surface area contributed by atoms with Gasteiger partial charge >= 0.3 is 0 Å². The molecule has 2 N–H and O–H groups in total. The van der Waals surface area contributed by atoms with E-state index in [1.807, 2.05) is 6.33 Å². The average Bonchev–Trinajstić information content (AvgIpc) is 2.79. The van der Waals surface area contributed by atoms with E-state index in [-0.39, 0.29) is 12.1 Å². The second-order valence-electron chi connectivity index (χ2n) is 6.31. The Morgan fingerprint density at radius 1 is 1.42 bits per heavy atom. The fourth-order valence-corrected chi connectivity index (χ4v) is 2.98. The third-order valence-electron chi connectivity index (χ3n) is 4.00. The van der Waals surface area contributed by atoms with E-state index < -0.39 is 0 Å². The SMILES string of the molecule is CC(C)NC(C)(CO)CCn1cnc2c1CCCC2. The van der Waals surface area contributed by atoms with Crippen molar-refractivity contribution in [3.05, 3.63) is 17.7 Å². The second kappa shape index (κ2) is 6.06. The third-order valence-corrected chi connectivity index (χ3v) is 4.00. The molecule has 1 aliphatic carbocycles. The summed E-state index contributed by atoms with van der Waals surface area (Å²) in [4.78, 5) is 4.52. The highest BCUT2D eigenvalue weighted by Crippen LogP contribution is 2.21. The predicted octanol–water partition coefficient (Wildman–Crippen LogP) is 1.90. The van der Waals surface area contributed by atoms with Gasteiger partial charge in [-0.25, -0.2) is 4.98 Å². The summed E-state index contributed by atoms with van der Waals surface area (Å²) >= 11 is 0. The maximum absolute atomic E-state index is 9.61. The molecule has 0 aromatic carbocycles. The molecule has 1 aromatic rings. The van der Waals surface area contributed by atoms with Gasteiger partial charge in [-0.1, -0.05) is 13.8 Å². The smallest absolute Gasteiger partial charge is 0.0951 e. The molecule has 1 unspecified atom stereocenters. The highest BCUT2D eigenvalue weighted by atomic mass is 16.3. The number of rotatable bonds is 6. The molecule has 4 nitrogen and oxygen atoms in total. The Morgan fingerprint density at radius 3 is 2.84 bits per heavy atom. The van der Waals surface area contributed by atoms with Crippen molar-refractivity contribution in [1.82, 2.24) is 14.9 Å². The molecule has 2 rings (SSSR count). The van der Waals surface area contributed by atoms with E-state index in [1.54, 1.807) is 0 Å². The van der Waals surface area contributed by atoms with Crippen LogP contribution in [0.5, 0.6) is 0 Å². The van der Waals surface area contributed by atoms with E-state index in [1.165, 1.54) is 24.2 Å². The molecule has 1 aromatic heterocycles. The van der Waals surface area contributed by atoms with Gasteiger partial charge < -0.3 is 15.0 Å². The Kier molecular flexibility index (Phi) is 4.63. The number of hydrogen-bond donors (Lipinski definition) is 2. The van der Waals surface area contributed by atoms with E-state index in [0.717, 1.165) is 25.8 Å². The molecule has 0 saturated carbocycles. The third kappa shape index (κ3) is 3.57. The van der Waals surface area contributed by atoms with Gasteiger partial charge in [-0.2, -0.15) is 0 Å². The number of aliphatic hydroxyl groups is 1. The summed E-state index contributed by atoms with van der Waals surface area (Å²) in [5.41, 5.74) is 2.49. The second-order valence-corrected chi connectivity index (χ2v) is 6.31. The van der Waals surface area contributed by atoms with Gasteiger partial charge in [0.05, 0.1) is 18.6 Å². The molecule has 1 aliphatic rings. The summed E-state index contributed by atoms with van der Waals surface area (Å²) in [6, 6.07) is 0.383. The van der Waals surface area contributed by atoms with Crippen molar-refractivity contribution >= 4 is 0 Å². The lowest BCUT2D eigenvalue weighted by atomic mass is 9.97. The van der Waals surface area contributed by atoms with Gasteiger partial charge in [0.1, 0.15) is 0 Å². The van der Waals surface area contributed by atoms with Crippen molar-refractivity contribution < 1.29 is 5.11 Å². The van der Waals surface area contributed by atoms with E-state index in [9.17, 15) is 5.11 Å². The van der Waals surface area contributed by atoms with Gasteiger partial charge in [0.15, 0.2) is 0 Å². The van der Waals surface area contributed by atoms with Gasteiger partial charge in [-0.3, -0.25) is 0 Å². The largest absolute Gasteiger partial charge is 0.394 e. The zero-order valence-electron chi connectivity index (χ0n) is 12.4. The number of nitrogens with zero attached hydrogens (tertiary/aromatic N) is 2. The van der Waals surface area contributed by atoms with Crippen LogP contribution < -0.4 is 5.32 Å². The Morgan fingerprint density at radius 2 is 2.16 bits per heavy atom. The van der Waals surface area contributed by atoms with Gasteiger partial charge in [0.25, 0.3) is 0 Å². The average molecular weight is 265 g/mol. The molecule has 0 bridgehead atoms. The van der Waals surface area contributed by atoms with Crippen LogP contribution in [0, 0.1) is 0 Å². The standard InChI is InChI=1S/C15H27N3O/c1-12(2)17-15(3,10-19)8-9-18-11-16-13-6-4-5-7-14(13)18/h11-12,17,19H,4-10H2,1-3H3. The molecule has 19 heavy (non-hydrogen) atoms. The first-order chi connectivity index (χ1) is 9.04. The quantitative estimate of drug-likeness (QED) is 0.826. The predicted molar refractivity (Wildman–Crippen MR) is 77.2 cm³/mol. The molecule has 0 spiro atoms. The highest BCUT2D eigenvalue weighted by Gasteiger charge is 2.24. The lowest BCUT2D eigenvalue weighted by molar-refractivity contribution is 0.152. The lowest BCUT2D eigenvalue weighted by Crippen LogP contribution is -2.49. The van der Waals surface area contributed by atoms with Crippen molar-refractivity contribution in [3.8, 4) is 0 Å². The van der Waals surface area contributed by atoms with Gasteiger partial charge in [-0.05, 0) is 39.0 Å². The molecule has 1 atom stereocenters. The Balaban J connectivity index is 1.99. The van der Waals surface area contributed by atoms with Crippen molar-refractivity contribution in [2.24, 2.45) is 0 Å². The van der Waals surface area contributed by atoms with Crippen LogP contribution in [0.1, 0.15) is 51.4 Å². The Labute approximate surface area is 116 Å². The number of imidazole rings is 1. The normalized spacial score (nSPS) is 18.4. The minimum atomic E-state index is -0.208. The zero-order chi connectivity index (χ0) is 13.9. The maximum atomic E-state index is 9.61. The number of aromatic nitrogens is 2. The van der Waals surface area contributed by atoms with Crippen LogP contribution in [0.25, 0.3) is 0 Å². The first-order valence-electron chi connectivity index (χ1n) is 7.45. The van der Waals surface area contributed by atoms with Crippen molar-refractivity contribution in [3.63, 3.8) is 0 Å². The molecule has 1 heterocycles. The molecule has 108 valence electrons. The van der Waals surface area contributed by atoms with Crippen LogP contribution in [-0.2, 0) is 19.4 Å². The van der Waals surface area contributed by atoms with Crippen LogP contribution in [0.4, 0.5) is 0 Å². The fraction of sp³-hybridized carbons (Fsp3) is 0.800. The number of fused-ring (bicyclic) bond motifs is 1. The summed E-state index contributed by atoms with van der Waals surface area (Å²) < 4.78 is 2.28. The summed E-state index contributed by atoms with van der Waals surface area (Å²) in [7, 11) is 0. The van der Waals surface area contributed by atoms with E-state index in [2.05, 4.69) is 35.6 Å². The van der Waals surface area contributed by atoms with E-state index >= 15 is 0 Å². The molecular formula is C15H27N3O. The fourth-order valence-electron chi connectivity index (χ4n) is 2.98. The topological polar surface area (TPSA) is 50.1 Å².